The number of hydrogen-bond donors (Lipinski definition) is 2. The van der Waals surface area contributed by atoms with E-state index in [0.717, 1.165) is 11.3 Å². The fraction of sp³-hybridized carbons (Fsp3) is 0.100. The topological polar surface area (TPSA) is 63.5 Å². The molecule has 0 spiro atoms. The van der Waals surface area contributed by atoms with E-state index in [1.807, 2.05) is 24.3 Å². The van der Waals surface area contributed by atoms with Crippen LogP contribution < -0.4 is 15.4 Å². The highest BCUT2D eigenvalue weighted by Gasteiger charge is 2.09. The zero-order valence-corrected chi connectivity index (χ0v) is 16.9. The van der Waals surface area contributed by atoms with Crippen molar-refractivity contribution in [2.24, 2.45) is 0 Å². The minimum absolute atomic E-state index is 0.178. The Hall–Kier alpha value is -2.54. The van der Waals surface area contributed by atoms with E-state index in [4.69, 9.17) is 44.6 Å². The Morgan fingerprint density at radius 2 is 1.79 bits per heavy atom. The lowest BCUT2D eigenvalue weighted by atomic mass is 10.2. The SMILES string of the molecule is O=C(COc1ccccc1Cl)NC(=S)NCc1ccc(-c2ccc(Cl)cc2)o1. The molecule has 0 radical (unpaired) electrons. The molecule has 0 unspecified atom stereocenters. The Kier molecular flexibility index (Phi) is 6.92. The normalized spacial score (nSPS) is 10.4. The van der Waals surface area contributed by atoms with Gasteiger partial charge in [-0.15, -0.1) is 0 Å². The molecule has 1 heterocycles. The highest BCUT2D eigenvalue weighted by molar-refractivity contribution is 7.80. The van der Waals surface area contributed by atoms with Gasteiger partial charge in [0.2, 0.25) is 0 Å². The van der Waals surface area contributed by atoms with Crippen molar-refractivity contribution in [1.82, 2.24) is 10.6 Å². The molecule has 3 rings (SSSR count). The second kappa shape index (κ2) is 9.59. The summed E-state index contributed by atoms with van der Waals surface area (Å²) in [6.45, 7) is 0.130. The summed E-state index contributed by atoms with van der Waals surface area (Å²) in [5.41, 5.74) is 0.920. The largest absolute Gasteiger partial charge is 0.482 e. The minimum atomic E-state index is -0.390. The van der Waals surface area contributed by atoms with E-state index in [-0.39, 0.29) is 11.7 Å². The number of ether oxygens (including phenoxy) is 1. The van der Waals surface area contributed by atoms with Gasteiger partial charge in [0.1, 0.15) is 17.3 Å². The first-order chi connectivity index (χ1) is 13.5. The van der Waals surface area contributed by atoms with E-state index >= 15 is 0 Å². The molecule has 2 N–H and O–H groups in total. The Labute approximate surface area is 177 Å². The average Bonchev–Trinajstić information content (AvgIpc) is 3.15. The summed E-state index contributed by atoms with van der Waals surface area (Å²) in [5.74, 6) is 1.44. The third kappa shape index (κ3) is 5.73. The van der Waals surface area contributed by atoms with Crippen LogP contribution in [0.3, 0.4) is 0 Å². The number of hydrogen-bond acceptors (Lipinski definition) is 4. The fourth-order valence-electron chi connectivity index (χ4n) is 2.32. The van der Waals surface area contributed by atoms with Crippen LogP contribution in [0.25, 0.3) is 11.3 Å². The molecule has 0 aliphatic carbocycles. The van der Waals surface area contributed by atoms with Crippen LogP contribution in [0.5, 0.6) is 5.75 Å². The van der Waals surface area contributed by atoms with Crippen molar-refractivity contribution in [2.45, 2.75) is 6.54 Å². The van der Waals surface area contributed by atoms with E-state index in [9.17, 15) is 4.79 Å². The van der Waals surface area contributed by atoms with Crippen LogP contribution in [0, 0.1) is 0 Å². The Morgan fingerprint density at radius 3 is 2.54 bits per heavy atom. The highest BCUT2D eigenvalue weighted by atomic mass is 35.5. The minimum Gasteiger partial charge on any atom is -0.482 e. The standard InChI is InChI=1S/C20H16Cl2N2O3S/c21-14-7-5-13(6-8-14)17-10-9-15(27-17)11-23-20(28)24-19(25)12-26-18-4-2-1-3-16(18)22/h1-10H,11-12H2,(H2,23,24,25,28). The number of amides is 1. The van der Waals surface area contributed by atoms with Gasteiger partial charge in [0.15, 0.2) is 11.7 Å². The van der Waals surface area contributed by atoms with Crippen molar-refractivity contribution in [3.8, 4) is 17.1 Å². The van der Waals surface area contributed by atoms with Crippen molar-refractivity contribution < 1.29 is 13.9 Å². The molecular weight excluding hydrogens is 419 g/mol. The first-order valence-corrected chi connectivity index (χ1v) is 9.47. The van der Waals surface area contributed by atoms with E-state index in [1.165, 1.54) is 0 Å². The van der Waals surface area contributed by atoms with Gasteiger partial charge in [0, 0.05) is 10.6 Å². The molecule has 1 amide bonds. The van der Waals surface area contributed by atoms with E-state index in [0.29, 0.717) is 28.1 Å². The number of rotatable bonds is 6. The fourth-order valence-corrected chi connectivity index (χ4v) is 2.82. The summed E-state index contributed by atoms with van der Waals surface area (Å²) >= 11 is 17.0. The molecule has 8 heteroatoms. The molecule has 2 aromatic carbocycles. The van der Waals surface area contributed by atoms with Crippen molar-refractivity contribution >= 4 is 46.4 Å². The van der Waals surface area contributed by atoms with E-state index < -0.39 is 5.91 Å². The van der Waals surface area contributed by atoms with Gasteiger partial charge in [-0.25, -0.2) is 0 Å². The molecule has 0 atom stereocenters. The molecule has 0 fully saturated rings. The Morgan fingerprint density at radius 1 is 1.04 bits per heavy atom. The number of carbonyl (C=O) groups is 1. The molecular formula is C20H16Cl2N2O3S. The summed E-state index contributed by atoms with van der Waals surface area (Å²) < 4.78 is 11.1. The predicted octanol–water partition coefficient (Wildman–Crippen LogP) is 4.82. The predicted molar refractivity (Wildman–Crippen MR) is 114 cm³/mol. The van der Waals surface area contributed by atoms with Gasteiger partial charge in [0.25, 0.3) is 5.91 Å². The Balaban J connectivity index is 1.44. The van der Waals surface area contributed by atoms with Crippen molar-refractivity contribution in [3.05, 3.63) is 76.5 Å². The maximum atomic E-state index is 11.9. The van der Waals surface area contributed by atoms with Crippen LogP contribution >= 0.6 is 35.4 Å². The smallest absolute Gasteiger partial charge is 0.264 e. The molecule has 0 aliphatic heterocycles. The number of furan rings is 1. The second-order valence-electron chi connectivity index (χ2n) is 5.72. The van der Waals surface area contributed by atoms with Crippen LogP contribution in [0.4, 0.5) is 0 Å². The van der Waals surface area contributed by atoms with Gasteiger partial charge >= 0.3 is 0 Å². The zero-order chi connectivity index (χ0) is 19.9. The third-order valence-electron chi connectivity index (χ3n) is 3.66. The van der Waals surface area contributed by atoms with E-state index in [1.54, 1.807) is 36.4 Å². The quantitative estimate of drug-likeness (QED) is 0.544. The Bertz CT molecular complexity index is 974. The molecule has 5 nitrogen and oxygen atoms in total. The lowest BCUT2D eigenvalue weighted by Gasteiger charge is -2.10. The average molecular weight is 435 g/mol. The molecule has 3 aromatic rings. The number of para-hydroxylation sites is 1. The molecule has 0 bridgehead atoms. The first kappa shape index (κ1) is 20.2. The zero-order valence-electron chi connectivity index (χ0n) is 14.6. The highest BCUT2D eigenvalue weighted by Crippen LogP contribution is 2.24. The van der Waals surface area contributed by atoms with Crippen LogP contribution in [-0.2, 0) is 11.3 Å². The number of benzene rings is 2. The summed E-state index contributed by atoms with van der Waals surface area (Å²) in [4.78, 5) is 11.9. The lowest BCUT2D eigenvalue weighted by molar-refractivity contribution is -0.121. The lowest BCUT2D eigenvalue weighted by Crippen LogP contribution is -2.41. The maximum absolute atomic E-state index is 11.9. The molecule has 0 saturated heterocycles. The molecule has 0 saturated carbocycles. The van der Waals surface area contributed by atoms with Gasteiger partial charge in [0.05, 0.1) is 11.6 Å². The van der Waals surface area contributed by atoms with Gasteiger partial charge in [-0.2, -0.15) is 0 Å². The number of thiocarbonyl (C=S) groups is 1. The van der Waals surface area contributed by atoms with Gasteiger partial charge < -0.3 is 19.8 Å². The first-order valence-electron chi connectivity index (χ1n) is 8.31. The molecule has 28 heavy (non-hydrogen) atoms. The van der Waals surface area contributed by atoms with Crippen molar-refractivity contribution in [2.75, 3.05) is 6.61 Å². The van der Waals surface area contributed by atoms with Gasteiger partial charge in [-0.05, 0) is 60.7 Å². The van der Waals surface area contributed by atoms with Crippen LogP contribution in [0.2, 0.25) is 10.0 Å². The van der Waals surface area contributed by atoms with Crippen molar-refractivity contribution in [3.63, 3.8) is 0 Å². The molecule has 0 aliphatic rings. The van der Waals surface area contributed by atoms with Gasteiger partial charge in [-0.3, -0.25) is 4.79 Å². The summed E-state index contributed by atoms with van der Waals surface area (Å²) in [5, 5.41) is 6.74. The monoisotopic (exact) mass is 434 g/mol. The van der Waals surface area contributed by atoms with E-state index in [2.05, 4.69) is 10.6 Å². The summed E-state index contributed by atoms with van der Waals surface area (Å²) in [6, 6.07) is 18.0. The number of halogens is 2. The third-order valence-corrected chi connectivity index (χ3v) is 4.47. The second-order valence-corrected chi connectivity index (χ2v) is 6.97. The summed E-state index contributed by atoms with van der Waals surface area (Å²) in [7, 11) is 0. The van der Waals surface area contributed by atoms with Crippen LogP contribution in [0.15, 0.2) is 65.1 Å². The van der Waals surface area contributed by atoms with Crippen LogP contribution in [-0.4, -0.2) is 17.6 Å². The van der Waals surface area contributed by atoms with Crippen LogP contribution in [0.1, 0.15) is 5.76 Å². The van der Waals surface area contributed by atoms with Gasteiger partial charge in [-0.1, -0.05) is 35.3 Å². The maximum Gasteiger partial charge on any atom is 0.264 e. The molecule has 144 valence electrons. The number of nitrogens with one attached hydrogen (secondary N) is 2. The van der Waals surface area contributed by atoms with Crippen molar-refractivity contribution in [1.29, 1.82) is 0 Å². The summed E-state index contributed by atoms with van der Waals surface area (Å²) in [6.07, 6.45) is 0. The number of carbonyl (C=O) groups excluding carboxylic acids is 1. The molecule has 1 aromatic heterocycles.